The highest BCUT2D eigenvalue weighted by molar-refractivity contribution is 5.88. The van der Waals surface area contributed by atoms with Crippen LogP contribution in [-0.2, 0) is 38.0 Å². The Balaban J connectivity index is 0.000000208. The van der Waals surface area contributed by atoms with E-state index < -0.39 is 147 Å². The van der Waals surface area contributed by atoms with Gasteiger partial charge < -0.3 is 99.9 Å². The van der Waals surface area contributed by atoms with Crippen LogP contribution in [0.1, 0.15) is 0 Å². The number of carbonyl (C=O) groups is 2. The van der Waals surface area contributed by atoms with E-state index in [0.29, 0.717) is 0 Å². The number of allylic oxidation sites excluding steroid dienone is 2. The van der Waals surface area contributed by atoms with E-state index in [1.807, 2.05) is 0 Å². The van der Waals surface area contributed by atoms with Gasteiger partial charge >= 0.3 is 11.9 Å². The maximum atomic E-state index is 11.4. The second-order valence-corrected chi connectivity index (χ2v) is 13.6. The van der Waals surface area contributed by atoms with Gasteiger partial charge in [-0.3, -0.25) is 0 Å². The van der Waals surface area contributed by atoms with E-state index in [0.717, 1.165) is 12.5 Å². The summed E-state index contributed by atoms with van der Waals surface area (Å²) in [5, 5.41) is 137. The van der Waals surface area contributed by atoms with Crippen LogP contribution in [0.3, 0.4) is 0 Å². The Morgan fingerprint density at radius 3 is 1.22 bits per heavy atom. The third kappa shape index (κ3) is 7.66. The molecule has 14 N–H and O–H groups in total. The first kappa shape index (κ1) is 42.0. The summed E-state index contributed by atoms with van der Waals surface area (Å²) in [6.45, 7) is -2.80. The van der Waals surface area contributed by atoms with Gasteiger partial charge in [0.25, 0.3) is 0 Å². The SMILES string of the molecule is O=C(O)C1=CO[C@@H](O[C@@H]2O[C@H](CO)[C@@H](O)[C@H](O)[C@H]2O)[C@H]2[C@@H]1C=C[C@]2(O)CO.O=C(O)C1=CO[C@@H](O[C@@H]2O[C@H](CO)[C@H](O)[C@H](O)[C@H]2O)[C@H]2[C@@H]1C=C[C@]2(O)CO. The average molecular weight is 781 g/mol. The molecule has 2 fully saturated rings. The van der Waals surface area contributed by atoms with Crippen LogP contribution in [0.25, 0.3) is 0 Å². The van der Waals surface area contributed by atoms with Gasteiger partial charge in [-0.2, -0.15) is 0 Å². The van der Waals surface area contributed by atoms with Gasteiger partial charge in [-0.15, -0.1) is 0 Å². The minimum atomic E-state index is -1.85. The molecular weight excluding hydrogens is 736 g/mol. The van der Waals surface area contributed by atoms with Gasteiger partial charge in [0, 0.05) is 11.8 Å². The van der Waals surface area contributed by atoms with Gasteiger partial charge in [0.15, 0.2) is 12.6 Å². The number of aliphatic hydroxyl groups is 12. The van der Waals surface area contributed by atoms with Crippen molar-refractivity contribution in [3.63, 3.8) is 0 Å². The number of aliphatic carboxylic acids is 2. The van der Waals surface area contributed by atoms with Crippen molar-refractivity contribution in [1.29, 1.82) is 0 Å². The number of carboxylic acids is 2. The van der Waals surface area contributed by atoms with Crippen molar-refractivity contribution in [2.24, 2.45) is 23.7 Å². The third-order valence-corrected chi connectivity index (χ3v) is 10.3. The standard InChI is InChI=1S/2C16H22O11/c2*17-3-8-10(19)11(20)12(21)15(26-8)27-14-9-6(1-2-16(9,24)5-18)7(4-25-14)13(22)23/h2*1-2,4,6,8-12,14-15,17-21,24H,3,5H2,(H,22,23)/t6-,8-,9-,10+,11+,12-,14+,15+,16+;6-,8-,9-,10-,11+,12-,14+,15+,16+/m11/s1. The molecule has 22 nitrogen and oxygen atoms in total. The third-order valence-electron chi connectivity index (χ3n) is 10.3. The predicted octanol–water partition coefficient (Wildman–Crippen LogP) is -6.69. The summed E-state index contributed by atoms with van der Waals surface area (Å²) >= 11 is 0. The summed E-state index contributed by atoms with van der Waals surface area (Å²) in [7, 11) is 0. The van der Waals surface area contributed by atoms with Crippen molar-refractivity contribution in [3.8, 4) is 0 Å². The van der Waals surface area contributed by atoms with Gasteiger partial charge in [-0.25, -0.2) is 9.59 Å². The molecule has 6 rings (SSSR count). The van der Waals surface area contributed by atoms with Crippen molar-refractivity contribution < 1.29 is 110 Å². The van der Waals surface area contributed by atoms with E-state index in [4.69, 9.17) is 28.4 Å². The summed E-state index contributed by atoms with van der Waals surface area (Å²) in [4.78, 5) is 22.8. The van der Waals surface area contributed by atoms with E-state index in [1.165, 1.54) is 24.3 Å². The Kier molecular flexibility index (Phi) is 12.9. The molecule has 0 spiro atoms. The molecule has 0 saturated carbocycles. The predicted molar refractivity (Wildman–Crippen MR) is 167 cm³/mol. The lowest BCUT2D eigenvalue weighted by Crippen LogP contribution is -2.61. The van der Waals surface area contributed by atoms with Crippen LogP contribution in [0, 0.1) is 23.7 Å². The molecule has 0 aromatic carbocycles. The molecule has 0 aromatic rings. The molecular formula is C32H44O22. The number of aliphatic hydroxyl groups excluding tert-OH is 10. The van der Waals surface area contributed by atoms with Gasteiger partial charge in [0.2, 0.25) is 12.6 Å². The number of ether oxygens (including phenoxy) is 6. The Hall–Kier alpha value is -3.14. The van der Waals surface area contributed by atoms with E-state index in [2.05, 4.69) is 0 Å². The van der Waals surface area contributed by atoms with Crippen LogP contribution < -0.4 is 0 Å². The topological polar surface area (TPSA) is 373 Å². The molecule has 0 amide bonds. The van der Waals surface area contributed by atoms with Gasteiger partial charge in [0.1, 0.15) is 60.0 Å². The second kappa shape index (κ2) is 16.5. The highest BCUT2D eigenvalue weighted by atomic mass is 16.8. The zero-order chi connectivity index (χ0) is 39.9. The normalized spacial score (nSPS) is 46.5. The van der Waals surface area contributed by atoms with Gasteiger partial charge in [-0.05, 0) is 0 Å². The molecule has 6 aliphatic rings. The summed E-state index contributed by atoms with van der Waals surface area (Å²) in [5.74, 6) is -6.39. The fourth-order valence-electron chi connectivity index (χ4n) is 7.20. The zero-order valence-electron chi connectivity index (χ0n) is 28.1. The maximum absolute atomic E-state index is 11.4. The molecule has 4 heterocycles. The van der Waals surface area contributed by atoms with E-state index >= 15 is 0 Å². The molecule has 0 bridgehead atoms. The van der Waals surface area contributed by atoms with Crippen LogP contribution in [0.15, 0.2) is 48.0 Å². The van der Waals surface area contributed by atoms with Crippen molar-refractivity contribution in [2.45, 2.75) is 85.2 Å². The second-order valence-electron chi connectivity index (χ2n) is 13.6. The minimum absolute atomic E-state index is 0.158. The van der Waals surface area contributed by atoms with Crippen LogP contribution in [-0.4, -0.2) is 195 Å². The first-order valence-corrected chi connectivity index (χ1v) is 16.6. The summed E-state index contributed by atoms with van der Waals surface area (Å²) in [5.41, 5.74) is -4.01. The monoisotopic (exact) mass is 780 g/mol. The maximum Gasteiger partial charge on any atom is 0.335 e. The molecule has 18 atom stereocenters. The molecule has 0 unspecified atom stereocenters. The quantitative estimate of drug-likeness (QED) is 0.0916. The molecule has 2 saturated heterocycles. The van der Waals surface area contributed by atoms with Crippen molar-refractivity contribution in [2.75, 3.05) is 26.4 Å². The number of rotatable bonds is 10. The molecule has 54 heavy (non-hydrogen) atoms. The fraction of sp³-hybridized carbons (Fsp3) is 0.688. The first-order chi connectivity index (χ1) is 25.5. The van der Waals surface area contributed by atoms with Crippen LogP contribution in [0.4, 0.5) is 0 Å². The highest BCUT2D eigenvalue weighted by Crippen LogP contribution is 2.47. The van der Waals surface area contributed by atoms with Crippen LogP contribution in [0.2, 0.25) is 0 Å². The Morgan fingerprint density at radius 2 is 0.926 bits per heavy atom. The van der Waals surface area contributed by atoms with Crippen molar-refractivity contribution in [1.82, 2.24) is 0 Å². The van der Waals surface area contributed by atoms with Gasteiger partial charge in [-0.1, -0.05) is 24.3 Å². The summed E-state index contributed by atoms with van der Waals surface area (Å²) < 4.78 is 32.0. The first-order valence-electron chi connectivity index (χ1n) is 16.6. The van der Waals surface area contributed by atoms with Crippen molar-refractivity contribution in [3.05, 3.63) is 48.0 Å². The molecule has 0 radical (unpaired) electrons. The van der Waals surface area contributed by atoms with Gasteiger partial charge in [0.05, 0.1) is 61.9 Å². The summed E-state index contributed by atoms with van der Waals surface area (Å²) in [6, 6.07) is 0. The molecule has 4 aliphatic heterocycles. The number of carboxylic acid groups (broad SMARTS) is 2. The average Bonchev–Trinajstić information content (AvgIpc) is 3.70. The number of fused-ring (bicyclic) bond motifs is 2. The number of hydrogen-bond donors (Lipinski definition) is 14. The molecule has 0 aromatic heterocycles. The Morgan fingerprint density at radius 1 is 0.574 bits per heavy atom. The highest BCUT2D eigenvalue weighted by Gasteiger charge is 2.57. The van der Waals surface area contributed by atoms with E-state index in [9.17, 15) is 81.1 Å². The lowest BCUT2D eigenvalue weighted by Gasteiger charge is -2.44. The zero-order valence-corrected chi connectivity index (χ0v) is 28.1. The van der Waals surface area contributed by atoms with E-state index in [1.54, 1.807) is 0 Å². The largest absolute Gasteiger partial charge is 0.478 e. The smallest absolute Gasteiger partial charge is 0.335 e. The molecule has 304 valence electrons. The molecule has 2 aliphatic carbocycles. The van der Waals surface area contributed by atoms with Crippen molar-refractivity contribution >= 4 is 11.9 Å². The summed E-state index contributed by atoms with van der Waals surface area (Å²) in [6.07, 6.45) is -11.0. The van der Waals surface area contributed by atoms with E-state index in [-0.39, 0.29) is 11.1 Å². The Bertz CT molecular complexity index is 1370. The fourth-order valence-corrected chi connectivity index (χ4v) is 7.20. The molecule has 22 heteroatoms. The minimum Gasteiger partial charge on any atom is -0.478 e. The van der Waals surface area contributed by atoms with Crippen LogP contribution in [0.5, 0.6) is 0 Å². The van der Waals surface area contributed by atoms with Crippen LogP contribution >= 0.6 is 0 Å². The Labute approximate surface area is 304 Å². The lowest BCUT2D eigenvalue weighted by molar-refractivity contribution is -0.346. The lowest BCUT2D eigenvalue weighted by atomic mass is 9.79. The number of hydrogen-bond acceptors (Lipinski definition) is 20.